The molecule has 260 valence electrons. The molecular weight excluding hydrogens is 577 g/mol. The first kappa shape index (κ1) is 57.5. The van der Waals surface area contributed by atoms with E-state index in [1.165, 1.54) is 39.1 Å². The Bertz CT molecular complexity index is 878. The molecule has 0 radical (unpaired) electrons. The molecule has 0 aliphatic carbocycles. The Morgan fingerprint density at radius 1 is 1.13 bits per heavy atom. The average molecular weight is 647 g/mol. The first-order valence-electron chi connectivity index (χ1n) is 15.3. The molecule has 1 saturated heterocycles. The van der Waals surface area contributed by atoms with Gasteiger partial charge < -0.3 is 20.3 Å². The zero-order chi connectivity index (χ0) is 37.1. The fourth-order valence-electron chi connectivity index (χ4n) is 2.63. The molecule has 1 fully saturated rings. The fourth-order valence-corrected chi connectivity index (χ4v) is 2.83. The maximum atomic E-state index is 9.86. The summed E-state index contributed by atoms with van der Waals surface area (Å²) in [5.74, 6) is 6.32. The predicted molar refractivity (Wildman–Crippen MR) is 211 cm³/mol. The minimum absolute atomic E-state index is 0.0787. The van der Waals surface area contributed by atoms with Crippen molar-refractivity contribution in [2.45, 2.75) is 94.5 Å². The SMILES string of the molecule is C/C=C\C(C)C.C=CC.C=CC(/C=C/C(C#CC)=C\N=C)=C\S.C=CNC(C)=O.C=O.CC.CCC.CNC1(C)CCN(C)C1. The number of likely N-dealkylation sites (N-methyl/N-ethyl adjacent to an activating group) is 2. The van der Waals surface area contributed by atoms with Crippen molar-refractivity contribution in [1.82, 2.24) is 15.5 Å². The van der Waals surface area contributed by atoms with Crippen LogP contribution in [-0.2, 0) is 9.59 Å². The summed E-state index contributed by atoms with van der Waals surface area (Å²) >= 11 is 4.03. The molecule has 1 rings (SSSR count). The highest BCUT2D eigenvalue weighted by atomic mass is 32.1. The number of carbonyl (C=O) groups excluding carboxylic acids is 2. The largest absolute Gasteiger partial charge is 0.334 e. The molecule has 1 amide bonds. The normalized spacial score (nSPS) is 14.6. The van der Waals surface area contributed by atoms with Crippen molar-refractivity contribution < 1.29 is 9.59 Å². The quantitative estimate of drug-likeness (QED) is 0.0847. The number of rotatable bonds is 7. The zero-order valence-corrected chi connectivity index (χ0v) is 32.2. The molecule has 6 nitrogen and oxygen atoms in total. The number of amides is 1. The van der Waals surface area contributed by atoms with Crippen molar-refractivity contribution in [1.29, 1.82) is 0 Å². The summed E-state index contributed by atoms with van der Waals surface area (Å²) < 4.78 is 0. The Morgan fingerprint density at radius 2 is 1.62 bits per heavy atom. The van der Waals surface area contributed by atoms with Gasteiger partial charge in [0.1, 0.15) is 6.79 Å². The van der Waals surface area contributed by atoms with Crippen molar-refractivity contribution in [2.24, 2.45) is 10.9 Å². The van der Waals surface area contributed by atoms with Crippen LogP contribution >= 0.6 is 12.6 Å². The molecule has 7 heteroatoms. The van der Waals surface area contributed by atoms with E-state index in [9.17, 15) is 4.79 Å². The highest BCUT2D eigenvalue weighted by molar-refractivity contribution is 7.83. The Balaban J connectivity index is -0.0000000811. The third-order valence-corrected chi connectivity index (χ3v) is 4.79. The maximum absolute atomic E-state index is 9.86. The number of aliphatic imine (C=N–C) groups is 1. The molecule has 1 heterocycles. The number of nitrogens with one attached hydrogen (secondary N) is 2. The first-order valence-corrected chi connectivity index (χ1v) is 15.8. The van der Waals surface area contributed by atoms with E-state index < -0.39 is 0 Å². The van der Waals surface area contributed by atoms with Crippen molar-refractivity contribution in [2.75, 3.05) is 27.2 Å². The van der Waals surface area contributed by atoms with Crippen LogP contribution < -0.4 is 10.6 Å². The molecule has 1 aliphatic rings. The lowest BCUT2D eigenvalue weighted by Crippen LogP contribution is -2.41. The van der Waals surface area contributed by atoms with Crippen LogP contribution in [0.15, 0.2) is 90.1 Å². The molecule has 1 unspecified atom stereocenters. The predicted octanol–water partition coefficient (Wildman–Crippen LogP) is 9.38. The number of thiol groups is 1. The van der Waals surface area contributed by atoms with Crippen LogP contribution in [0.5, 0.6) is 0 Å². The smallest absolute Gasteiger partial charge is 0.220 e. The molecule has 2 N–H and O–H groups in total. The molecule has 0 spiro atoms. The molecule has 1 aliphatic heterocycles. The molecule has 0 saturated carbocycles. The monoisotopic (exact) mass is 647 g/mol. The summed E-state index contributed by atoms with van der Waals surface area (Å²) in [5, 5.41) is 7.33. The lowest BCUT2D eigenvalue weighted by atomic mass is 10.0. The van der Waals surface area contributed by atoms with Gasteiger partial charge >= 0.3 is 0 Å². The molecule has 0 aromatic heterocycles. The van der Waals surface area contributed by atoms with Gasteiger partial charge in [0.25, 0.3) is 0 Å². The van der Waals surface area contributed by atoms with Gasteiger partial charge in [0.05, 0.1) is 0 Å². The van der Waals surface area contributed by atoms with E-state index in [-0.39, 0.29) is 5.91 Å². The molecule has 45 heavy (non-hydrogen) atoms. The van der Waals surface area contributed by atoms with Gasteiger partial charge in [-0.25, -0.2) is 0 Å². The Kier molecular flexibility index (Phi) is 64.4. The van der Waals surface area contributed by atoms with Crippen molar-refractivity contribution in [3.05, 3.63) is 85.1 Å². The lowest BCUT2D eigenvalue weighted by Gasteiger charge is -2.22. The van der Waals surface area contributed by atoms with Gasteiger partial charge in [-0.1, -0.05) is 97.4 Å². The van der Waals surface area contributed by atoms with E-state index in [0.29, 0.717) is 5.54 Å². The van der Waals surface area contributed by atoms with Gasteiger partial charge in [0, 0.05) is 30.8 Å². The molecule has 0 aromatic carbocycles. The zero-order valence-electron chi connectivity index (χ0n) is 31.3. The maximum Gasteiger partial charge on any atom is 0.220 e. The van der Waals surface area contributed by atoms with Gasteiger partial charge in [0.2, 0.25) is 5.91 Å². The van der Waals surface area contributed by atoms with Gasteiger partial charge in [-0.2, -0.15) is 12.6 Å². The van der Waals surface area contributed by atoms with Crippen LogP contribution in [0.3, 0.4) is 0 Å². The molecule has 0 aromatic rings. The second kappa shape index (κ2) is 50.4. The Morgan fingerprint density at radius 3 is 1.80 bits per heavy atom. The summed E-state index contributed by atoms with van der Waals surface area (Å²) in [6.45, 7) is 40.1. The van der Waals surface area contributed by atoms with Crippen LogP contribution in [0, 0.1) is 17.8 Å². The van der Waals surface area contributed by atoms with E-state index in [0.717, 1.165) is 17.1 Å². The number of carbonyl (C=O) groups is 2. The number of allylic oxidation sites excluding steroid dienone is 8. The number of nitrogens with zero attached hydrogens (tertiary/aromatic N) is 2. The first-order chi connectivity index (χ1) is 21.3. The van der Waals surface area contributed by atoms with E-state index in [4.69, 9.17) is 4.79 Å². The van der Waals surface area contributed by atoms with E-state index in [1.807, 2.05) is 53.7 Å². The standard InChI is InChI=1S/C12H13NS.C7H16N2.C6H12.C4H7NO.C3H8.C3H6.C2H6.CH2O/c1-4-6-12(9-13-3)8-7-11(5-2)10-14;1-7(8-2)4-5-9(3)6-7;1-4-5-6(2)3;1-3-5-4(2)6;2*1-3-2;2*1-2/h5,7-10,14H,2-3H2,1H3;8H,4-6H2,1-3H3;4-6H,1-3H3;3H,1H2,2H3,(H,5,6);3H2,1-2H3;3H,1H2,2H3;1-2H3;1H2/b8-7+,11-10+,12-9-;;5-4-;;;;;. The lowest BCUT2D eigenvalue weighted by molar-refractivity contribution is -0.118. The number of likely N-dealkylation sites (tertiary alicyclic amines) is 1. The Labute approximate surface area is 286 Å². The molecule has 0 bridgehead atoms. The fraction of sp³-hybridized carbons (Fsp3) is 0.500. The highest BCUT2D eigenvalue weighted by Crippen LogP contribution is 2.17. The van der Waals surface area contributed by atoms with Crippen molar-refractivity contribution in [3.63, 3.8) is 0 Å². The van der Waals surface area contributed by atoms with E-state index in [1.54, 1.807) is 30.7 Å². The molecular formula is C38H70N4O2S. The van der Waals surface area contributed by atoms with Gasteiger partial charge in [-0.15, -0.1) is 12.5 Å². The Hall–Kier alpha value is -3.18. The number of hydrogen-bond acceptors (Lipinski definition) is 6. The summed E-state index contributed by atoms with van der Waals surface area (Å²) in [5.41, 5.74) is 2.10. The highest BCUT2D eigenvalue weighted by Gasteiger charge is 2.29. The van der Waals surface area contributed by atoms with Crippen molar-refractivity contribution >= 4 is 32.0 Å². The van der Waals surface area contributed by atoms with E-state index >= 15 is 0 Å². The van der Waals surface area contributed by atoms with E-state index in [2.05, 4.69) is 125 Å². The average Bonchev–Trinajstić information content (AvgIpc) is 3.36. The third-order valence-electron chi connectivity index (χ3n) is 4.49. The summed E-state index contributed by atoms with van der Waals surface area (Å²) in [6.07, 6.45) is 16.9. The minimum Gasteiger partial charge on any atom is -0.334 e. The van der Waals surface area contributed by atoms with Gasteiger partial charge in [-0.05, 0) is 90.6 Å². The topological polar surface area (TPSA) is 73.8 Å². The second-order valence-corrected chi connectivity index (χ2v) is 9.66. The van der Waals surface area contributed by atoms with Crippen LogP contribution in [-0.4, -0.2) is 57.0 Å². The number of hydrogen-bond donors (Lipinski definition) is 3. The summed E-state index contributed by atoms with van der Waals surface area (Å²) in [6, 6.07) is 0. The van der Waals surface area contributed by atoms with Crippen LogP contribution in [0.1, 0.15) is 89.0 Å². The van der Waals surface area contributed by atoms with Gasteiger partial charge in [-0.3, -0.25) is 9.79 Å². The summed E-state index contributed by atoms with van der Waals surface area (Å²) in [4.78, 5) is 23.9. The summed E-state index contributed by atoms with van der Waals surface area (Å²) in [7, 11) is 4.21. The second-order valence-electron chi connectivity index (χ2n) is 9.40. The van der Waals surface area contributed by atoms with Gasteiger partial charge in [0.15, 0.2) is 0 Å². The van der Waals surface area contributed by atoms with Crippen molar-refractivity contribution in [3.8, 4) is 11.8 Å². The third kappa shape index (κ3) is 60.8. The molecule has 1 atom stereocenters. The minimum atomic E-state index is -0.0787. The van der Waals surface area contributed by atoms with Crippen LogP contribution in [0.4, 0.5) is 0 Å². The van der Waals surface area contributed by atoms with Crippen LogP contribution in [0.25, 0.3) is 0 Å². The van der Waals surface area contributed by atoms with Crippen LogP contribution in [0.2, 0.25) is 0 Å².